The molecule has 0 spiro atoms. The van der Waals surface area contributed by atoms with Crippen LogP contribution in [0.3, 0.4) is 0 Å². The number of nitrogens with zero attached hydrogens (tertiary/aromatic N) is 1. The molecule has 0 radical (unpaired) electrons. The third kappa shape index (κ3) is 1.35. The summed E-state index contributed by atoms with van der Waals surface area (Å²) in [6, 6.07) is -0.926. The molecule has 0 aromatic rings. The third-order valence-corrected chi connectivity index (χ3v) is 1.85. The number of ketones is 1. The molecule has 1 rings (SSSR count). The fourth-order valence-corrected chi connectivity index (χ4v) is 1.10. The number of carbonyl (C=O) groups excluding carboxylic acids is 2. The standard InChI is InChI=1S/C6H10BNO4/c1-3-4(9)5-6(10)12-7(11)8(5)2/h5,11H,3H2,1-2H3. The quantitative estimate of drug-likeness (QED) is 0.417. The summed E-state index contributed by atoms with van der Waals surface area (Å²) in [5, 5.41) is 9.01. The van der Waals surface area contributed by atoms with Gasteiger partial charge >= 0.3 is 13.2 Å². The predicted molar refractivity (Wildman–Crippen MR) is 40.9 cm³/mol. The molecule has 1 heterocycles. The largest absolute Gasteiger partial charge is 0.628 e. The van der Waals surface area contributed by atoms with E-state index in [1.165, 1.54) is 11.9 Å². The van der Waals surface area contributed by atoms with Gasteiger partial charge in [0.25, 0.3) is 0 Å². The Morgan fingerprint density at radius 3 is 2.75 bits per heavy atom. The average Bonchev–Trinajstić information content (AvgIpc) is 2.26. The van der Waals surface area contributed by atoms with E-state index in [9.17, 15) is 9.59 Å². The zero-order valence-corrected chi connectivity index (χ0v) is 6.98. The van der Waals surface area contributed by atoms with Gasteiger partial charge in [-0.3, -0.25) is 14.4 Å². The van der Waals surface area contributed by atoms with Gasteiger partial charge in [-0.1, -0.05) is 6.92 Å². The minimum atomic E-state index is -1.28. The Kier molecular flexibility index (Phi) is 2.49. The van der Waals surface area contributed by atoms with Gasteiger partial charge in [0.15, 0.2) is 11.8 Å². The molecule has 6 heteroatoms. The van der Waals surface area contributed by atoms with Crippen molar-refractivity contribution in [3.8, 4) is 0 Å². The molecule has 66 valence electrons. The lowest BCUT2D eigenvalue weighted by Crippen LogP contribution is -2.42. The zero-order chi connectivity index (χ0) is 9.30. The summed E-state index contributed by atoms with van der Waals surface area (Å²) in [5.74, 6) is -0.907. The van der Waals surface area contributed by atoms with Gasteiger partial charge in [0, 0.05) is 6.42 Å². The number of likely N-dealkylation sites (N-methyl/N-ethyl adjacent to an activating group) is 1. The molecule has 0 aromatic heterocycles. The molecule has 1 saturated heterocycles. The Hall–Kier alpha value is -0.875. The molecule has 0 saturated carbocycles. The molecule has 0 amide bonds. The molecule has 1 aliphatic heterocycles. The first-order chi connectivity index (χ1) is 5.57. The Bertz CT molecular complexity index is 212. The van der Waals surface area contributed by atoms with Gasteiger partial charge in [-0.15, -0.1) is 0 Å². The summed E-state index contributed by atoms with van der Waals surface area (Å²) in [4.78, 5) is 23.3. The Morgan fingerprint density at radius 1 is 1.83 bits per heavy atom. The van der Waals surface area contributed by atoms with E-state index < -0.39 is 19.3 Å². The molecule has 1 unspecified atom stereocenters. The lowest BCUT2D eigenvalue weighted by Gasteiger charge is -2.12. The SMILES string of the molecule is CCC(=O)C1C(=O)OB(O)N1C. The fraction of sp³-hybridized carbons (Fsp3) is 0.667. The maximum absolute atomic E-state index is 11.1. The van der Waals surface area contributed by atoms with Crippen LogP contribution < -0.4 is 0 Å². The van der Waals surface area contributed by atoms with Crippen LogP contribution in [0.1, 0.15) is 13.3 Å². The summed E-state index contributed by atoms with van der Waals surface area (Å²) in [7, 11) is 0.186. The highest BCUT2D eigenvalue weighted by atomic mass is 16.6. The number of Topliss-reactive ketones (excluding diaryl/α,β-unsaturated/α-hetero) is 1. The van der Waals surface area contributed by atoms with Crippen LogP contribution in [0, 0.1) is 0 Å². The fourth-order valence-electron chi connectivity index (χ4n) is 1.10. The summed E-state index contributed by atoms with van der Waals surface area (Å²) in [6.45, 7) is 1.66. The van der Waals surface area contributed by atoms with E-state index in [0.717, 1.165) is 0 Å². The minimum absolute atomic E-state index is 0.237. The van der Waals surface area contributed by atoms with Crippen LogP contribution in [-0.4, -0.2) is 41.9 Å². The smallest absolute Gasteiger partial charge is 0.494 e. The summed E-state index contributed by atoms with van der Waals surface area (Å²) in [5.41, 5.74) is 0. The van der Waals surface area contributed by atoms with E-state index in [2.05, 4.69) is 4.65 Å². The normalized spacial score (nSPS) is 24.4. The Morgan fingerprint density at radius 2 is 2.42 bits per heavy atom. The maximum Gasteiger partial charge on any atom is 0.628 e. The molecule has 0 aromatic carbocycles. The van der Waals surface area contributed by atoms with E-state index in [-0.39, 0.29) is 12.2 Å². The molecule has 12 heavy (non-hydrogen) atoms. The molecule has 1 N–H and O–H groups in total. The lowest BCUT2D eigenvalue weighted by molar-refractivity contribution is -0.139. The maximum atomic E-state index is 11.1. The highest BCUT2D eigenvalue weighted by molar-refractivity contribution is 6.46. The van der Waals surface area contributed by atoms with Crippen molar-refractivity contribution in [1.29, 1.82) is 0 Å². The monoisotopic (exact) mass is 171 g/mol. The van der Waals surface area contributed by atoms with Crippen LogP contribution in [0.4, 0.5) is 0 Å². The second kappa shape index (κ2) is 3.24. The molecular formula is C6H10BNO4. The second-order valence-electron chi connectivity index (χ2n) is 2.65. The second-order valence-corrected chi connectivity index (χ2v) is 2.65. The third-order valence-electron chi connectivity index (χ3n) is 1.85. The van der Waals surface area contributed by atoms with Crippen molar-refractivity contribution in [2.75, 3.05) is 7.05 Å². The minimum Gasteiger partial charge on any atom is -0.494 e. The van der Waals surface area contributed by atoms with Crippen LogP contribution in [0.5, 0.6) is 0 Å². The van der Waals surface area contributed by atoms with Gasteiger partial charge in [-0.2, -0.15) is 0 Å². The predicted octanol–water partition coefficient (Wildman–Crippen LogP) is -1.20. The number of hydrogen-bond acceptors (Lipinski definition) is 5. The number of hydrogen-bond donors (Lipinski definition) is 1. The first kappa shape index (κ1) is 9.21. The van der Waals surface area contributed by atoms with E-state index in [1.54, 1.807) is 6.92 Å². The Balaban J connectivity index is 2.76. The first-order valence-electron chi connectivity index (χ1n) is 3.71. The molecule has 0 bridgehead atoms. The lowest BCUT2D eigenvalue weighted by atomic mass is 10.0. The molecule has 1 fully saturated rings. The van der Waals surface area contributed by atoms with Crippen molar-refractivity contribution in [1.82, 2.24) is 4.81 Å². The van der Waals surface area contributed by atoms with Crippen molar-refractivity contribution >= 4 is 19.0 Å². The van der Waals surface area contributed by atoms with Crippen molar-refractivity contribution < 1.29 is 19.3 Å². The van der Waals surface area contributed by atoms with Crippen molar-refractivity contribution in [3.63, 3.8) is 0 Å². The molecule has 1 aliphatic rings. The molecule has 1 atom stereocenters. The van der Waals surface area contributed by atoms with Crippen molar-refractivity contribution in [2.24, 2.45) is 0 Å². The van der Waals surface area contributed by atoms with Crippen LogP contribution in [-0.2, 0) is 14.2 Å². The van der Waals surface area contributed by atoms with E-state index in [0.29, 0.717) is 0 Å². The van der Waals surface area contributed by atoms with Gasteiger partial charge < -0.3 is 9.68 Å². The molecular weight excluding hydrogens is 161 g/mol. The Labute approximate surface area is 70.5 Å². The van der Waals surface area contributed by atoms with Crippen LogP contribution in [0.2, 0.25) is 0 Å². The van der Waals surface area contributed by atoms with E-state index in [1.807, 2.05) is 0 Å². The van der Waals surface area contributed by atoms with E-state index >= 15 is 0 Å². The van der Waals surface area contributed by atoms with Gasteiger partial charge in [-0.05, 0) is 7.05 Å². The van der Waals surface area contributed by atoms with Gasteiger partial charge in [0.2, 0.25) is 0 Å². The van der Waals surface area contributed by atoms with Gasteiger partial charge in [0.05, 0.1) is 0 Å². The summed E-state index contributed by atoms with van der Waals surface area (Å²) < 4.78 is 4.43. The number of carbonyl (C=O) groups is 2. The van der Waals surface area contributed by atoms with Crippen molar-refractivity contribution in [3.05, 3.63) is 0 Å². The van der Waals surface area contributed by atoms with Gasteiger partial charge in [-0.25, -0.2) is 0 Å². The first-order valence-corrected chi connectivity index (χ1v) is 3.71. The summed E-state index contributed by atoms with van der Waals surface area (Å²) in [6.07, 6.45) is 0.261. The van der Waals surface area contributed by atoms with Crippen molar-refractivity contribution in [2.45, 2.75) is 19.4 Å². The van der Waals surface area contributed by atoms with Crippen LogP contribution in [0.25, 0.3) is 0 Å². The average molecular weight is 171 g/mol. The van der Waals surface area contributed by atoms with E-state index in [4.69, 9.17) is 5.02 Å². The van der Waals surface area contributed by atoms with Crippen LogP contribution >= 0.6 is 0 Å². The summed E-state index contributed by atoms with van der Waals surface area (Å²) >= 11 is 0. The topological polar surface area (TPSA) is 66.8 Å². The zero-order valence-electron chi connectivity index (χ0n) is 6.98. The number of rotatable bonds is 2. The molecule has 5 nitrogen and oxygen atoms in total. The highest BCUT2D eigenvalue weighted by Gasteiger charge is 2.47. The van der Waals surface area contributed by atoms with Gasteiger partial charge in [0.1, 0.15) is 0 Å². The highest BCUT2D eigenvalue weighted by Crippen LogP contribution is 2.13. The van der Waals surface area contributed by atoms with Crippen LogP contribution in [0.15, 0.2) is 0 Å². The molecule has 0 aliphatic carbocycles.